The van der Waals surface area contributed by atoms with Gasteiger partial charge >= 0.3 is 5.97 Å². The van der Waals surface area contributed by atoms with E-state index in [2.05, 4.69) is 15.9 Å². The summed E-state index contributed by atoms with van der Waals surface area (Å²) < 4.78 is 24.8. The normalized spacial score (nSPS) is 15.0. The molecule has 1 saturated heterocycles. The second-order valence-corrected chi connectivity index (χ2v) is 7.92. The van der Waals surface area contributed by atoms with Gasteiger partial charge in [-0.25, -0.2) is 9.18 Å². The molecule has 2 amide bonds. The zero-order valence-corrected chi connectivity index (χ0v) is 18.0. The quantitative estimate of drug-likeness (QED) is 0.572. The zero-order chi connectivity index (χ0) is 21.8. The Morgan fingerprint density at radius 3 is 2.70 bits per heavy atom. The minimum Gasteiger partial charge on any atom is -0.493 e. The van der Waals surface area contributed by atoms with Gasteiger partial charge in [-0.05, 0) is 57.5 Å². The molecule has 1 aliphatic heterocycles. The van der Waals surface area contributed by atoms with Crippen LogP contribution in [0.4, 0.5) is 9.18 Å². The fourth-order valence-corrected chi connectivity index (χ4v) is 4.09. The summed E-state index contributed by atoms with van der Waals surface area (Å²) >= 11 is 4.04. The number of rotatable bonds is 7. The van der Waals surface area contributed by atoms with E-state index in [-0.39, 0.29) is 28.5 Å². The van der Waals surface area contributed by atoms with Crippen molar-refractivity contribution in [3.63, 3.8) is 0 Å². The van der Waals surface area contributed by atoms with E-state index in [0.717, 1.165) is 16.7 Å². The molecule has 10 heteroatoms. The van der Waals surface area contributed by atoms with Crippen molar-refractivity contribution < 1.29 is 33.4 Å². The Balaban J connectivity index is 1.85. The van der Waals surface area contributed by atoms with Crippen LogP contribution in [0.3, 0.4) is 0 Å². The molecule has 2 aromatic carbocycles. The number of amides is 2. The van der Waals surface area contributed by atoms with Crippen LogP contribution in [0.1, 0.15) is 11.1 Å². The van der Waals surface area contributed by atoms with E-state index >= 15 is 0 Å². The highest BCUT2D eigenvalue weighted by atomic mass is 79.9. The highest BCUT2D eigenvalue weighted by molar-refractivity contribution is 9.10. The summed E-state index contributed by atoms with van der Waals surface area (Å²) in [5, 5.41) is 8.29. The van der Waals surface area contributed by atoms with E-state index in [1.165, 1.54) is 31.4 Å². The van der Waals surface area contributed by atoms with Gasteiger partial charge in [-0.3, -0.25) is 14.5 Å². The van der Waals surface area contributed by atoms with E-state index in [9.17, 15) is 18.8 Å². The Bertz CT molecular complexity index is 1060. The number of carboxylic acids is 1. The first-order valence-electron chi connectivity index (χ1n) is 8.51. The second-order valence-electron chi connectivity index (χ2n) is 6.08. The van der Waals surface area contributed by atoms with Crippen LogP contribution < -0.4 is 9.47 Å². The molecule has 1 N–H and O–H groups in total. The number of hydrogen-bond donors (Lipinski definition) is 1. The van der Waals surface area contributed by atoms with Crippen molar-refractivity contribution >= 4 is 50.9 Å². The van der Waals surface area contributed by atoms with Crippen molar-refractivity contribution in [2.45, 2.75) is 6.54 Å². The van der Waals surface area contributed by atoms with Crippen LogP contribution in [0.25, 0.3) is 6.08 Å². The lowest BCUT2D eigenvalue weighted by Crippen LogP contribution is -2.27. The van der Waals surface area contributed by atoms with Crippen LogP contribution in [-0.4, -0.2) is 40.8 Å². The highest BCUT2D eigenvalue weighted by Gasteiger charge is 2.35. The number of carboxylic acid groups (broad SMARTS) is 1. The molecule has 0 unspecified atom stereocenters. The summed E-state index contributed by atoms with van der Waals surface area (Å²) in [6, 6.07) is 9.09. The van der Waals surface area contributed by atoms with Crippen molar-refractivity contribution in [2.75, 3.05) is 13.7 Å². The Kier molecular flexibility index (Phi) is 6.78. The summed E-state index contributed by atoms with van der Waals surface area (Å²) in [6.45, 7) is -0.715. The van der Waals surface area contributed by atoms with E-state index in [1.807, 2.05) is 0 Å². The van der Waals surface area contributed by atoms with Gasteiger partial charge in [0.2, 0.25) is 0 Å². The van der Waals surface area contributed by atoms with Gasteiger partial charge in [-0.2, -0.15) is 0 Å². The molecule has 1 aliphatic rings. The lowest BCUT2D eigenvalue weighted by Gasteiger charge is -2.13. The average molecular weight is 496 g/mol. The summed E-state index contributed by atoms with van der Waals surface area (Å²) in [5.41, 5.74) is 0.767. The van der Waals surface area contributed by atoms with Gasteiger partial charge < -0.3 is 14.6 Å². The van der Waals surface area contributed by atoms with E-state index in [0.29, 0.717) is 10.0 Å². The standard InChI is InChI=1S/C20H15BrFNO6S/c1-28-15-7-11(6-13(21)18(15)29-10-17(24)25)8-16-19(26)23(20(27)30-16)9-12-4-2-3-5-14(12)22/h2-8H,9-10H2,1H3,(H,24,25)/b16-8-. The number of thioether (sulfide) groups is 1. The van der Waals surface area contributed by atoms with Crippen LogP contribution in [0.2, 0.25) is 0 Å². The van der Waals surface area contributed by atoms with E-state index in [4.69, 9.17) is 14.6 Å². The number of carbonyl (C=O) groups excluding carboxylic acids is 2. The van der Waals surface area contributed by atoms with E-state index < -0.39 is 29.5 Å². The first kappa shape index (κ1) is 21.8. The lowest BCUT2D eigenvalue weighted by atomic mass is 10.1. The number of nitrogens with zero attached hydrogens (tertiary/aromatic N) is 1. The first-order valence-corrected chi connectivity index (χ1v) is 10.1. The molecule has 2 aromatic rings. The topological polar surface area (TPSA) is 93.1 Å². The molecule has 0 aliphatic carbocycles. The van der Waals surface area contributed by atoms with Gasteiger partial charge in [0, 0.05) is 5.56 Å². The fourth-order valence-electron chi connectivity index (χ4n) is 2.68. The zero-order valence-electron chi connectivity index (χ0n) is 15.6. The average Bonchev–Trinajstić information content (AvgIpc) is 2.95. The number of hydrogen-bond acceptors (Lipinski definition) is 6. The third-order valence-corrected chi connectivity index (χ3v) is 5.55. The Morgan fingerprint density at radius 2 is 2.03 bits per heavy atom. The van der Waals surface area contributed by atoms with Gasteiger partial charge in [-0.15, -0.1) is 0 Å². The van der Waals surface area contributed by atoms with E-state index in [1.54, 1.807) is 18.2 Å². The van der Waals surface area contributed by atoms with Crippen LogP contribution in [0.5, 0.6) is 11.5 Å². The molecule has 0 saturated carbocycles. The Hall–Kier alpha value is -2.85. The number of methoxy groups -OCH3 is 1. The molecule has 7 nitrogen and oxygen atoms in total. The van der Waals surface area contributed by atoms with Crippen molar-refractivity contribution in [3.8, 4) is 11.5 Å². The lowest BCUT2D eigenvalue weighted by molar-refractivity contribution is -0.139. The van der Waals surface area contributed by atoms with Crippen molar-refractivity contribution in [2.24, 2.45) is 0 Å². The molecule has 0 bridgehead atoms. The van der Waals surface area contributed by atoms with Gasteiger partial charge in [0.05, 0.1) is 23.0 Å². The number of halogens is 2. The van der Waals surface area contributed by atoms with Crippen molar-refractivity contribution in [1.82, 2.24) is 4.90 Å². The largest absolute Gasteiger partial charge is 0.493 e. The molecule has 0 atom stereocenters. The Labute approximate surface area is 183 Å². The molecule has 1 fully saturated rings. The number of benzene rings is 2. The molecular formula is C20H15BrFNO6S. The molecule has 30 heavy (non-hydrogen) atoms. The molecule has 0 radical (unpaired) electrons. The molecular weight excluding hydrogens is 481 g/mol. The highest BCUT2D eigenvalue weighted by Crippen LogP contribution is 2.39. The second kappa shape index (κ2) is 9.31. The monoisotopic (exact) mass is 495 g/mol. The molecule has 0 aromatic heterocycles. The van der Waals surface area contributed by atoms with Crippen LogP contribution in [0, 0.1) is 5.82 Å². The third kappa shape index (κ3) is 4.82. The minimum atomic E-state index is -1.14. The van der Waals surface area contributed by atoms with Crippen molar-refractivity contribution in [3.05, 3.63) is 62.7 Å². The van der Waals surface area contributed by atoms with Crippen LogP contribution >= 0.6 is 27.7 Å². The minimum absolute atomic E-state index is 0.163. The predicted molar refractivity (Wildman–Crippen MR) is 112 cm³/mol. The van der Waals surface area contributed by atoms with Gasteiger partial charge in [0.15, 0.2) is 18.1 Å². The summed E-state index contributed by atoms with van der Waals surface area (Å²) in [4.78, 5) is 36.9. The molecule has 0 spiro atoms. The predicted octanol–water partition coefficient (Wildman–Crippen LogP) is 4.30. The molecule has 1 heterocycles. The summed E-state index contributed by atoms with van der Waals surface area (Å²) in [5.74, 6) is -1.72. The van der Waals surface area contributed by atoms with Crippen LogP contribution in [0.15, 0.2) is 45.8 Å². The smallest absolute Gasteiger partial charge is 0.341 e. The third-order valence-electron chi connectivity index (χ3n) is 4.05. The van der Waals surface area contributed by atoms with Gasteiger partial charge in [0.1, 0.15) is 5.82 Å². The number of ether oxygens (including phenoxy) is 2. The maximum atomic E-state index is 13.9. The maximum Gasteiger partial charge on any atom is 0.341 e. The van der Waals surface area contributed by atoms with Crippen molar-refractivity contribution in [1.29, 1.82) is 0 Å². The number of aliphatic carboxylic acids is 1. The molecule has 156 valence electrons. The SMILES string of the molecule is COc1cc(/C=C2\SC(=O)N(Cc3ccccc3F)C2=O)cc(Br)c1OCC(=O)O. The van der Waals surface area contributed by atoms with Gasteiger partial charge in [0.25, 0.3) is 11.1 Å². The summed E-state index contributed by atoms with van der Waals surface area (Å²) in [7, 11) is 1.39. The number of imide groups is 1. The maximum absolute atomic E-state index is 13.9. The molecule has 3 rings (SSSR count). The summed E-state index contributed by atoms with van der Waals surface area (Å²) in [6.07, 6.45) is 1.50. The first-order chi connectivity index (χ1) is 14.3. The number of carbonyl (C=O) groups is 3. The van der Waals surface area contributed by atoms with Gasteiger partial charge in [-0.1, -0.05) is 18.2 Å². The fraction of sp³-hybridized carbons (Fsp3) is 0.150. The van der Waals surface area contributed by atoms with Crippen LogP contribution in [-0.2, 0) is 16.1 Å². The Morgan fingerprint density at radius 1 is 1.30 bits per heavy atom.